The first-order valence-electron chi connectivity index (χ1n) is 11.0. The molecule has 1 aromatic heterocycles. The molecule has 0 saturated heterocycles. The van der Waals surface area contributed by atoms with E-state index in [1.54, 1.807) is 0 Å². The normalized spacial score (nSPS) is 9.74. The lowest BCUT2D eigenvalue weighted by Gasteiger charge is -2.04. The average Bonchev–Trinajstić information content (AvgIpc) is 3.20. The standard InChI is InChI=1S/C33H18S/c1-2-3-4-5-6-7-8-9-10-11-12-15-25-18-19-28-24-33-31(22-29(28)20-25)30-21-26-16-13-14-17-27(26)23-32(30)34-33/h1,13-14,16-24H,11-12,15H2. The third-order valence-corrected chi connectivity index (χ3v) is 6.78. The first-order chi connectivity index (χ1) is 16.8. The number of fused-ring (bicyclic) bond motifs is 5. The molecule has 1 heteroatoms. The maximum absolute atomic E-state index is 5.01. The number of benzene rings is 4. The van der Waals surface area contributed by atoms with Gasteiger partial charge in [0, 0.05) is 26.6 Å². The van der Waals surface area contributed by atoms with E-state index in [0.29, 0.717) is 0 Å². The number of terminal acetylenes is 1. The zero-order valence-electron chi connectivity index (χ0n) is 18.5. The number of thiophene rings is 1. The molecule has 5 aromatic rings. The Hall–Kier alpha value is -4.58. The van der Waals surface area contributed by atoms with E-state index in [9.17, 15) is 0 Å². The largest absolute Gasteiger partial charge is 0.135 e. The molecule has 0 amide bonds. The minimum Gasteiger partial charge on any atom is -0.135 e. The number of unbranched alkanes of at least 4 members (excludes halogenated alkanes) is 1. The Kier molecular flexibility index (Phi) is 6.21. The summed E-state index contributed by atoms with van der Waals surface area (Å²) in [5, 5.41) is 7.85. The van der Waals surface area contributed by atoms with Crippen LogP contribution in [0.2, 0.25) is 0 Å². The predicted molar refractivity (Wildman–Crippen MR) is 147 cm³/mol. The maximum Gasteiger partial charge on any atom is 0.0361 e. The smallest absolute Gasteiger partial charge is 0.0361 e. The molecule has 5 rings (SSSR count). The van der Waals surface area contributed by atoms with Crippen LogP contribution >= 0.6 is 11.3 Å². The third-order valence-electron chi connectivity index (χ3n) is 5.66. The highest BCUT2D eigenvalue weighted by Crippen LogP contribution is 2.38. The SMILES string of the molecule is C#CC#CC#CC#CC#CCCCc1ccc2cc3sc4cc5ccccc5cc4c3cc2c1. The number of hydrogen-bond acceptors (Lipinski definition) is 1. The molecule has 34 heavy (non-hydrogen) atoms. The van der Waals surface area contributed by atoms with Gasteiger partial charge in [-0.15, -0.1) is 17.8 Å². The van der Waals surface area contributed by atoms with Gasteiger partial charge in [0.2, 0.25) is 0 Å². The predicted octanol–water partition coefficient (Wildman–Crippen LogP) is 7.33. The number of rotatable bonds is 3. The molecule has 0 bridgehead atoms. The van der Waals surface area contributed by atoms with Crippen LogP contribution in [0.15, 0.2) is 66.7 Å². The van der Waals surface area contributed by atoms with E-state index < -0.39 is 0 Å². The van der Waals surface area contributed by atoms with E-state index in [0.717, 1.165) is 19.3 Å². The zero-order valence-corrected chi connectivity index (χ0v) is 19.3. The second kappa shape index (κ2) is 9.92. The van der Waals surface area contributed by atoms with E-state index in [1.165, 1.54) is 47.3 Å². The van der Waals surface area contributed by atoms with Gasteiger partial charge in [0.1, 0.15) is 0 Å². The van der Waals surface area contributed by atoms with Gasteiger partial charge in [-0.3, -0.25) is 0 Å². The molecule has 0 saturated carbocycles. The number of aryl methyl sites for hydroxylation is 1. The van der Waals surface area contributed by atoms with Crippen molar-refractivity contribution in [2.45, 2.75) is 19.3 Å². The second-order valence-electron chi connectivity index (χ2n) is 7.88. The van der Waals surface area contributed by atoms with Crippen molar-refractivity contribution >= 4 is 53.1 Å². The van der Waals surface area contributed by atoms with Crippen LogP contribution in [0.1, 0.15) is 18.4 Å². The molecule has 0 aliphatic heterocycles. The summed E-state index contributed by atoms with van der Waals surface area (Å²) in [4.78, 5) is 0. The average molecular weight is 447 g/mol. The fourth-order valence-corrected chi connectivity index (χ4v) is 5.26. The van der Waals surface area contributed by atoms with Crippen molar-refractivity contribution < 1.29 is 0 Å². The molecule has 0 aliphatic rings. The van der Waals surface area contributed by atoms with E-state index in [-0.39, 0.29) is 0 Å². The van der Waals surface area contributed by atoms with Gasteiger partial charge in [0.15, 0.2) is 0 Å². The summed E-state index contributed by atoms with van der Waals surface area (Å²) in [6.07, 6.45) is 7.80. The van der Waals surface area contributed by atoms with Gasteiger partial charge >= 0.3 is 0 Å². The Morgan fingerprint density at radius 1 is 0.618 bits per heavy atom. The Morgan fingerprint density at radius 2 is 1.24 bits per heavy atom. The van der Waals surface area contributed by atoms with Crippen molar-refractivity contribution in [1.82, 2.24) is 0 Å². The lowest BCUT2D eigenvalue weighted by molar-refractivity contribution is 0.859. The molecule has 0 spiro atoms. The maximum atomic E-state index is 5.01. The first kappa shape index (κ1) is 21.3. The monoisotopic (exact) mass is 446 g/mol. The minimum atomic E-state index is 0.804. The lowest BCUT2D eigenvalue weighted by Crippen LogP contribution is -1.85. The minimum absolute atomic E-state index is 0.804. The first-order valence-corrected chi connectivity index (χ1v) is 11.8. The summed E-state index contributed by atoms with van der Waals surface area (Å²) >= 11 is 1.88. The van der Waals surface area contributed by atoms with Gasteiger partial charge in [0.25, 0.3) is 0 Å². The van der Waals surface area contributed by atoms with Gasteiger partial charge in [-0.05, 0) is 112 Å². The Labute approximate surface area is 204 Å². The van der Waals surface area contributed by atoms with Crippen molar-refractivity contribution in [2.75, 3.05) is 0 Å². The fraction of sp³-hybridized carbons (Fsp3) is 0.0909. The van der Waals surface area contributed by atoms with E-state index >= 15 is 0 Å². The summed E-state index contributed by atoms with van der Waals surface area (Å²) in [7, 11) is 0. The van der Waals surface area contributed by atoms with E-state index in [1.807, 2.05) is 11.3 Å². The fourth-order valence-electron chi connectivity index (χ4n) is 4.09. The Bertz CT molecular complexity index is 1860. The van der Waals surface area contributed by atoms with Crippen molar-refractivity contribution in [3.05, 3.63) is 72.3 Å². The van der Waals surface area contributed by atoms with Crippen LogP contribution in [0.3, 0.4) is 0 Å². The highest BCUT2D eigenvalue weighted by Gasteiger charge is 2.08. The summed E-state index contributed by atoms with van der Waals surface area (Å²) in [6, 6.07) is 24.7. The van der Waals surface area contributed by atoms with Gasteiger partial charge in [-0.1, -0.05) is 48.4 Å². The van der Waals surface area contributed by atoms with Gasteiger partial charge < -0.3 is 0 Å². The molecule has 0 radical (unpaired) electrons. The lowest BCUT2D eigenvalue weighted by atomic mass is 10.0. The van der Waals surface area contributed by atoms with Gasteiger partial charge in [-0.25, -0.2) is 0 Å². The zero-order chi connectivity index (χ0) is 23.2. The summed E-state index contributed by atoms with van der Waals surface area (Å²) in [5.74, 6) is 23.6. The van der Waals surface area contributed by atoms with Gasteiger partial charge in [0.05, 0.1) is 0 Å². The molecule has 1 heterocycles. The molecule has 0 aliphatic carbocycles. The quantitative estimate of drug-likeness (QED) is 0.201. The molecule has 0 atom stereocenters. The Balaban J connectivity index is 1.33. The van der Waals surface area contributed by atoms with Crippen LogP contribution in [0, 0.1) is 59.7 Å². The summed E-state index contributed by atoms with van der Waals surface area (Å²) in [5.41, 5.74) is 1.34. The summed E-state index contributed by atoms with van der Waals surface area (Å²) in [6.45, 7) is 0. The molecular formula is C33H18S. The van der Waals surface area contributed by atoms with Crippen LogP contribution in [0.5, 0.6) is 0 Å². The topological polar surface area (TPSA) is 0 Å². The van der Waals surface area contributed by atoms with E-state index in [2.05, 4.69) is 120 Å². The van der Waals surface area contributed by atoms with E-state index in [4.69, 9.17) is 6.42 Å². The molecule has 0 nitrogen and oxygen atoms in total. The third kappa shape index (κ3) is 4.61. The molecule has 0 unspecified atom stereocenters. The van der Waals surface area contributed by atoms with Crippen LogP contribution in [0.4, 0.5) is 0 Å². The Morgan fingerprint density at radius 3 is 1.97 bits per heavy atom. The highest BCUT2D eigenvalue weighted by atomic mass is 32.1. The van der Waals surface area contributed by atoms with Crippen molar-refractivity contribution in [3.8, 4) is 59.7 Å². The molecule has 0 fully saturated rings. The van der Waals surface area contributed by atoms with Crippen LogP contribution in [0.25, 0.3) is 41.7 Å². The molecule has 0 N–H and O–H groups in total. The van der Waals surface area contributed by atoms with Crippen LogP contribution in [-0.2, 0) is 6.42 Å². The van der Waals surface area contributed by atoms with Crippen LogP contribution < -0.4 is 0 Å². The van der Waals surface area contributed by atoms with Crippen molar-refractivity contribution in [3.63, 3.8) is 0 Å². The van der Waals surface area contributed by atoms with Gasteiger partial charge in [-0.2, -0.15) is 0 Å². The van der Waals surface area contributed by atoms with Crippen molar-refractivity contribution in [2.24, 2.45) is 0 Å². The highest BCUT2D eigenvalue weighted by molar-refractivity contribution is 7.26. The molecule has 4 aromatic carbocycles. The van der Waals surface area contributed by atoms with Crippen molar-refractivity contribution in [1.29, 1.82) is 0 Å². The number of hydrogen-bond donors (Lipinski definition) is 0. The molecule has 156 valence electrons. The van der Waals surface area contributed by atoms with Crippen LogP contribution in [-0.4, -0.2) is 0 Å². The second-order valence-corrected chi connectivity index (χ2v) is 8.96. The molecular weight excluding hydrogens is 428 g/mol. The summed E-state index contributed by atoms with van der Waals surface area (Å²) < 4.78 is 2.69.